The van der Waals surface area contributed by atoms with Gasteiger partial charge in [-0.3, -0.25) is 0 Å². The van der Waals surface area contributed by atoms with Gasteiger partial charge in [-0.2, -0.15) is 0 Å². The first-order valence-corrected chi connectivity index (χ1v) is 8.78. The maximum absolute atomic E-state index is 10.5. The van der Waals surface area contributed by atoms with E-state index in [4.69, 9.17) is 9.47 Å². The number of hydrogen-bond donors (Lipinski definition) is 1. The number of benzene rings is 1. The fourth-order valence-corrected chi connectivity index (χ4v) is 3.15. The molecule has 4 nitrogen and oxygen atoms in total. The Morgan fingerprint density at radius 2 is 1.83 bits per heavy atom. The molecule has 0 saturated carbocycles. The highest BCUT2D eigenvalue weighted by Crippen LogP contribution is 2.23. The summed E-state index contributed by atoms with van der Waals surface area (Å²) in [6.07, 6.45) is 3.98. The van der Waals surface area contributed by atoms with E-state index in [2.05, 4.69) is 24.8 Å². The molecule has 1 aliphatic heterocycles. The molecule has 1 aromatic carbocycles. The maximum Gasteiger partial charge on any atom is 0.124 e. The molecule has 0 unspecified atom stereocenters. The molecule has 1 aliphatic rings. The van der Waals surface area contributed by atoms with Gasteiger partial charge >= 0.3 is 0 Å². The average molecular weight is 321 g/mol. The summed E-state index contributed by atoms with van der Waals surface area (Å²) in [5.74, 6) is 0.890. The van der Waals surface area contributed by atoms with Crippen molar-refractivity contribution in [3.8, 4) is 5.75 Å². The normalized spacial score (nSPS) is 17.4. The zero-order valence-corrected chi connectivity index (χ0v) is 14.8. The Morgan fingerprint density at radius 1 is 1.17 bits per heavy atom. The topological polar surface area (TPSA) is 41.9 Å². The number of piperidine rings is 1. The number of aliphatic hydroxyl groups is 1. The quantitative estimate of drug-likeness (QED) is 0.798. The zero-order valence-electron chi connectivity index (χ0n) is 14.8. The Morgan fingerprint density at radius 3 is 2.43 bits per heavy atom. The third-order valence-corrected chi connectivity index (χ3v) is 5.04. The Hall–Kier alpha value is -1.10. The van der Waals surface area contributed by atoms with E-state index in [0.717, 1.165) is 56.6 Å². The summed E-state index contributed by atoms with van der Waals surface area (Å²) in [7, 11) is 1.69. The van der Waals surface area contributed by atoms with Gasteiger partial charge in [-0.25, -0.2) is 0 Å². The summed E-state index contributed by atoms with van der Waals surface area (Å²) < 4.78 is 11.4. The average Bonchev–Trinajstić information content (AvgIpc) is 2.61. The van der Waals surface area contributed by atoms with Crippen LogP contribution in [0.15, 0.2) is 24.3 Å². The van der Waals surface area contributed by atoms with Gasteiger partial charge in [0, 0.05) is 25.2 Å². The highest BCUT2D eigenvalue weighted by atomic mass is 16.5. The van der Waals surface area contributed by atoms with Crippen LogP contribution in [0, 0.1) is 0 Å². The van der Waals surface area contributed by atoms with Gasteiger partial charge in [0.2, 0.25) is 0 Å². The van der Waals surface area contributed by atoms with Crippen LogP contribution in [-0.4, -0.2) is 48.5 Å². The molecular formula is C19H31NO3. The van der Waals surface area contributed by atoms with E-state index in [0.29, 0.717) is 12.7 Å². The van der Waals surface area contributed by atoms with Crippen molar-refractivity contribution in [3.63, 3.8) is 0 Å². The number of nitrogens with zero attached hydrogens (tertiary/aromatic N) is 1. The van der Waals surface area contributed by atoms with Gasteiger partial charge in [0.1, 0.15) is 5.75 Å². The number of hydrogen-bond acceptors (Lipinski definition) is 4. The van der Waals surface area contributed by atoms with Crippen LogP contribution in [0.1, 0.15) is 45.1 Å². The molecule has 1 saturated heterocycles. The Balaban J connectivity index is 1.77. The SMILES string of the molecule is CCC(O)(CC)CN1CCC(OCc2ccccc2OC)CC1. The molecule has 0 aromatic heterocycles. The molecule has 0 radical (unpaired) electrons. The van der Waals surface area contributed by atoms with Crippen molar-refractivity contribution in [1.82, 2.24) is 4.90 Å². The van der Waals surface area contributed by atoms with E-state index in [1.165, 1.54) is 0 Å². The molecule has 130 valence electrons. The molecule has 1 N–H and O–H groups in total. The van der Waals surface area contributed by atoms with Crippen molar-refractivity contribution in [1.29, 1.82) is 0 Å². The van der Waals surface area contributed by atoms with Crippen LogP contribution in [0.25, 0.3) is 0 Å². The monoisotopic (exact) mass is 321 g/mol. The Bertz CT molecular complexity index is 465. The summed E-state index contributed by atoms with van der Waals surface area (Å²) in [5.41, 5.74) is 0.564. The molecule has 1 aromatic rings. The van der Waals surface area contributed by atoms with Crippen molar-refractivity contribution in [2.24, 2.45) is 0 Å². The molecule has 0 amide bonds. The van der Waals surface area contributed by atoms with Crippen molar-refractivity contribution in [2.45, 2.75) is 57.8 Å². The third kappa shape index (κ3) is 5.20. The Labute approximate surface area is 140 Å². The van der Waals surface area contributed by atoms with Gasteiger partial charge in [-0.1, -0.05) is 32.0 Å². The number of methoxy groups -OCH3 is 1. The number of ether oxygens (including phenoxy) is 2. The second-order valence-electron chi connectivity index (χ2n) is 6.53. The number of rotatable bonds is 8. The zero-order chi connectivity index (χ0) is 16.7. The van der Waals surface area contributed by atoms with Crippen LogP contribution < -0.4 is 4.74 Å². The fraction of sp³-hybridized carbons (Fsp3) is 0.684. The molecule has 1 fully saturated rings. The fourth-order valence-electron chi connectivity index (χ4n) is 3.15. The lowest BCUT2D eigenvalue weighted by atomic mass is 9.95. The first kappa shape index (κ1) is 18.2. The first-order valence-electron chi connectivity index (χ1n) is 8.78. The highest BCUT2D eigenvalue weighted by molar-refractivity contribution is 5.32. The number of para-hydroxylation sites is 1. The summed E-state index contributed by atoms with van der Waals surface area (Å²) in [5, 5.41) is 10.5. The third-order valence-electron chi connectivity index (χ3n) is 5.04. The second-order valence-corrected chi connectivity index (χ2v) is 6.53. The van der Waals surface area contributed by atoms with Gasteiger partial charge in [0.25, 0.3) is 0 Å². The van der Waals surface area contributed by atoms with E-state index in [9.17, 15) is 5.11 Å². The minimum atomic E-state index is -0.537. The van der Waals surface area contributed by atoms with Crippen molar-refractivity contribution in [3.05, 3.63) is 29.8 Å². The van der Waals surface area contributed by atoms with Crippen LogP contribution in [0.5, 0.6) is 5.75 Å². The predicted molar refractivity (Wildman–Crippen MR) is 92.8 cm³/mol. The van der Waals surface area contributed by atoms with E-state index in [1.807, 2.05) is 18.2 Å². The molecule has 23 heavy (non-hydrogen) atoms. The molecular weight excluding hydrogens is 290 g/mol. The van der Waals surface area contributed by atoms with Crippen molar-refractivity contribution < 1.29 is 14.6 Å². The lowest BCUT2D eigenvalue weighted by Gasteiger charge is -2.37. The summed E-state index contributed by atoms with van der Waals surface area (Å²) >= 11 is 0. The molecule has 0 atom stereocenters. The molecule has 0 aliphatic carbocycles. The summed E-state index contributed by atoms with van der Waals surface area (Å²) in [4.78, 5) is 2.37. The first-order chi connectivity index (χ1) is 11.1. The number of β-amino-alcohol motifs (C(OH)–C–C–N with tert-alkyl or cyclic N) is 1. The van der Waals surface area contributed by atoms with Gasteiger partial charge < -0.3 is 19.5 Å². The maximum atomic E-state index is 10.5. The molecule has 2 rings (SSSR count). The van der Waals surface area contributed by atoms with Crippen LogP contribution in [0.2, 0.25) is 0 Å². The van der Waals surface area contributed by atoms with Crippen LogP contribution in [-0.2, 0) is 11.3 Å². The van der Waals surface area contributed by atoms with Gasteiger partial charge in [-0.05, 0) is 31.7 Å². The van der Waals surface area contributed by atoms with Crippen molar-refractivity contribution >= 4 is 0 Å². The van der Waals surface area contributed by atoms with Crippen molar-refractivity contribution in [2.75, 3.05) is 26.7 Å². The van der Waals surface area contributed by atoms with Crippen LogP contribution in [0.3, 0.4) is 0 Å². The predicted octanol–water partition coefficient (Wildman–Crippen LogP) is 3.23. The van der Waals surface area contributed by atoms with Gasteiger partial charge in [0.15, 0.2) is 0 Å². The van der Waals surface area contributed by atoms with E-state index in [1.54, 1.807) is 7.11 Å². The number of likely N-dealkylation sites (tertiary alicyclic amines) is 1. The van der Waals surface area contributed by atoms with E-state index in [-0.39, 0.29) is 0 Å². The Kier molecular flexibility index (Phi) is 6.88. The molecule has 4 heteroatoms. The molecule has 1 heterocycles. The van der Waals surface area contributed by atoms with Gasteiger partial charge in [0.05, 0.1) is 25.4 Å². The van der Waals surface area contributed by atoms with Gasteiger partial charge in [-0.15, -0.1) is 0 Å². The highest BCUT2D eigenvalue weighted by Gasteiger charge is 2.28. The van der Waals surface area contributed by atoms with Crippen LogP contribution >= 0.6 is 0 Å². The summed E-state index contributed by atoms with van der Waals surface area (Å²) in [6.45, 7) is 7.50. The van der Waals surface area contributed by atoms with Crippen LogP contribution in [0.4, 0.5) is 0 Å². The minimum Gasteiger partial charge on any atom is -0.496 e. The largest absolute Gasteiger partial charge is 0.496 e. The second kappa shape index (κ2) is 8.67. The minimum absolute atomic E-state index is 0.299. The summed E-state index contributed by atoms with van der Waals surface area (Å²) in [6, 6.07) is 8.01. The standard InChI is InChI=1S/C19H31NO3/c1-4-19(21,5-2)15-20-12-10-17(11-13-20)23-14-16-8-6-7-9-18(16)22-3/h6-9,17,21H,4-5,10-15H2,1-3H3. The lowest BCUT2D eigenvalue weighted by molar-refractivity contribution is -0.0391. The molecule has 0 spiro atoms. The van der Waals surface area contributed by atoms with E-state index < -0.39 is 5.60 Å². The smallest absolute Gasteiger partial charge is 0.124 e. The van der Waals surface area contributed by atoms with E-state index >= 15 is 0 Å². The lowest BCUT2D eigenvalue weighted by Crippen LogP contribution is -2.46. The molecule has 0 bridgehead atoms.